The lowest BCUT2D eigenvalue weighted by atomic mass is 9.84. The van der Waals surface area contributed by atoms with Gasteiger partial charge in [0.05, 0.1) is 16.8 Å². The van der Waals surface area contributed by atoms with Gasteiger partial charge in [0.25, 0.3) is 0 Å². The largest absolute Gasteiger partial charge is 0.368 e. The highest BCUT2D eigenvalue weighted by Crippen LogP contribution is 2.30. The summed E-state index contributed by atoms with van der Waals surface area (Å²) in [4.78, 5) is 16.8. The van der Waals surface area contributed by atoms with E-state index in [-0.39, 0.29) is 5.91 Å². The smallest absolute Gasteiger partial charge is 0.220 e. The van der Waals surface area contributed by atoms with Crippen LogP contribution in [0.25, 0.3) is 0 Å². The van der Waals surface area contributed by atoms with Crippen LogP contribution in [0.1, 0.15) is 51.4 Å². The van der Waals surface area contributed by atoms with Crippen molar-refractivity contribution in [3.05, 3.63) is 28.2 Å². The Morgan fingerprint density at radius 3 is 2.53 bits per heavy atom. The molecule has 0 radical (unpaired) electrons. The van der Waals surface area contributed by atoms with Gasteiger partial charge in [-0.1, -0.05) is 23.2 Å². The van der Waals surface area contributed by atoms with E-state index in [1.807, 2.05) is 18.2 Å². The summed E-state index contributed by atoms with van der Waals surface area (Å²) in [5, 5.41) is 13.1. The van der Waals surface area contributed by atoms with Gasteiger partial charge < -0.3 is 10.2 Å². The first-order valence-electron chi connectivity index (χ1n) is 11.1. The minimum Gasteiger partial charge on any atom is -0.368 e. The fourth-order valence-corrected chi connectivity index (χ4v) is 5.07. The van der Waals surface area contributed by atoms with Gasteiger partial charge in [-0.3, -0.25) is 9.69 Å². The van der Waals surface area contributed by atoms with Crippen molar-refractivity contribution in [1.82, 2.24) is 10.2 Å². The molecule has 1 amide bonds. The van der Waals surface area contributed by atoms with Gasteiger partial charge in [-0.15, -0.1) is 0 Å². The zero-order chi connectivity index (χ0) is 21.3. The third-order valence-corrected chi connectivity index (χ3v) is 6.92. The number of benzene rings is 1. The van der Waals surface area contributed by atoms with Gasteiger partial charge in [0.15, 0.2) is 0 Å². The van der Waals surface area contributed by atoms with Crippen molar-refractivity contribution >= 4 is 34.8 Å². The molecule has 1 N–H and O–H groups in total. The minimum absolute atomic E-state index is 0.104. The molecule has 1 saturated heterocycles. The summed E-state index contributed by atoms with van der Waals surface area (Å²) in [6, 6.07) is 8.15. The highest BCUT2D eigenvalue weighted by molar-refractivity contribution is 6.36. The van der Waals surface area contributed by atoms with E-state index in [1.165, 1.54) is 19.3 Å². The van der Waals surface area contributed by atoms with Crippen LogP contribution in [0.4, 0.5) is 5.69 Å². The molecule has 1 saturated carbocycles. The number of halogens is 2. The first kappa shape index (κ1) is 23.2. The van der Waals surface area contributed by atoms with E-state index in [1.54, 1.807) is 0 Å². The van der Waals surface area contributed by atoms with E-state index in [9.17, 15) is 4.79 Å². The van der Waals surface area contributed by atoms with E-state index < -0.39 is 0 Å². The van der Waals surface area contributed by atoms with E-state index in [4.69, 9.17) is 28.5 Å². The summed E-state index contributed by atoms with van der Waals surface area (Å²) < 4.78 is 0. The molecule has 3 rings (SSSR count). The number of unbranched alkanes of at least 4 members (excludes halogenated alkanes) is 1. The molecule has 1 aliphatic heterocycles. The van der Waals surface area contributed by atoms with Crippen molar-refractivity contribution in [3.8, 4) is 6.07 Å². The van der Waals surface area contributed by atoms with Crippen LogP contribution >= 0.6 is 23.2 Å². The Kier molecular flexibility index (Phi) is 9.11. The van der Waals surface area contributed by atoms with Gasteiger partial charge in [0.1, 0.15) is 0 Å². The highest BCUT2D eigenvalue weighted by atomic mass is 35.5. The zero-order valence-corrected chi connectivity index (χ0v) is 19.1. The Bertz CT molecular complexity index is 735. The number of rotatable bonds is 8. The Hall–Kier alpha value is -1.48. The number of nitrogens with zero attached hydrogens (tertiary/aromatic N) is 3. The number of nitrogens with one attached hydrogen (secondary N) is 1. The number of carbonyl (C=O) groups is 1. The Labute approximate surface area is 190 Å². The van der Waals surface area contributed by atoms with Gasteiger partial charge in [0, 0.05) is 50.1 Å². The average Bonchev–Trinajstić information content (AvgIpc) is 2.74. The summed E-state index contributed by atoms with van der Waals surface area (Å²) in [6.45, 7) is 5.26. The van der Waals surface area contributed by atoms with E-state index in [0.29, 0.717) is 30.3 Å². The van der Waals surface area contributed by atoms with Crippen LogP contribution in [0, 0.1) is 17.2 Å². The maximum absolute atomic E-state index is 11.9. The summed E-state index contributed by atoms with van der Waals surface area (Å²) in [7, 11) is 0. The molecule has 7 heteroatoms. The maximum Gasteiger partial charge on any atom is 0.220 e. The van der Waals surface area contributed by atoms with Gasteiger partial charge in [-0.05, 0) is 69.2 Å². The topological polar surface area (TPSA) is 59.4 Å². The average molecular weight is 451 g/mol. The summed E-state index contributed by atoms with van der Waals surface area (Å²) in [5.74, 6) is 0.868. The van der Waals surface area contributed by atoms with Crippen LogP contribution in [0.3, 0.4) is 0 Å². The van der Waals surface area contributed by atoms with Crippen LogP contribution in [-0.2, 0) is 4.79 Å². The molecule has 0 aromatic heterocycles. The molecule has 30 heavy (non-hydrogen) atoms. The summed E-state index contributed by atoms with van der Waals surface area (Å²) in [6.07, 6.45) is 7.39. The molecule has 1 aromatic carbocycles. The molecule has 0 spiro atoms. The first-order chi connectivity index (χ1) is 14.5. The van der Waals surface area contributed by atoms with Crippen molar-refractivity contribution in [2.75, 3.05) is 37.6 Å². The summed E-state index contributed by atoms with van der Waals surface area (Å²) in [5.41, 5.74) is 1.08. The second kappa shape index (κ2) is 11.8. The van der Waals surface area contributed by atoms with Gasteiger partial charge in [-0.2, -0.15) is 5.26 Å². The number of hydrogen-bond donors (Lipinski definition) is 1. The quantitative estimate of drug-likeness (QED) is 0.573. The predicted octanol–water partition coefficient (Wildman–Crippen LogP) is 4.87. The van der Waals surface area contributed by atoms with Gasteiger partial charge in [-0.25, -0.2) is 0 Å². The van der Waals surface area contributed by atoms with Gasteiger partial charge >= 0.3 is 0 Å². The maximum atomic E-state index is 11.9. The lowest BCUT2D eigenvalue weighted by Gasteiger charge is -2.37. The van der Waals surface area contributed by atoms with Crippen LogP contribution in [0.5, 0.6) is 0 Å². The second-order valence-electron chi connectivity index (χ2n) is 8.51. The fourth-order valence-electron chi connectivity index (χ4n) is 4.54. The number of carbonyl (C=O) groups excluding carboxylic acids is 1. The van der Waals surface area contributed by atoms with Crippen LogP contribution in [0.15, 0.2) is 18.2 Å². The molecule has 0 atom stereocenters. The monoisotopic (exact) mass is 450 g/mol. The van der Waals surface area contributed by atoms with Crippen molar-refractivity contribution in [2.45, 2.75) is 57.4 Å². The molecule has 0 bridgehead atoms. The second-order valence-corrected chi connectivity index (χ2v) is 9.35. The molecule has 1 heterocycles. The van der Waals surface area contributed by atoms with Crippen LogP contribution in [-0.4, -0.2) is 49.6 Å². The van der Waals surface area contributed by atoms with Crippen LogP contribution in [0.2, 0.25) is 10.0 Å². The Balaban J connectivity index is 1.31. The SMILES string of the molecule is N#CCCCC(=O)NC1CCC(CCN2CCN(c3ccc(Cl)cc3Cl)CC2)CC1. The van der Waals surface area contributed by atoms with E-state index in [0.717, 1.165) is 62.2 Å². The third kappa shape index (κ3) is 7.04. The molecule has 1 aliphatic carbocycles. The Morgan fingerprint density at radius 1 is 1.13 bits per heavy atom. The highest BCUT2D eigenvalue weighted by Gasteiger charge is 2.24. The van der Waals surface area contributed by atoms with E-state index >= 15 is 0 Å². The standard InChI is InChI=1S/C23H32Cl2N4O/c24-19-6-9-22(21(25)17-19)29-15-13-28(14-16-29)12-10-18-4-7-20(8-5-18)27-23(30)3-1-2-11-26/h6,9,17-18,20H,1-5,7-8,10,12-16H2,(H,27,30). The lowest BCUT2D eigenvalue weighted by Crippen LogP contribution is -2.47. The van der Waals surface area contributed by atoms with Crippen molar-refractivity contribution in [2.24, 2.45) is 5.92 Å². The molecule has 1 aromatic rings. The molecule has 2 aliphatic rings. The summed E-state index contributed by atoms with van der Waals surface area (Å²) >= 11 is 12.4. The fraction of sp³-hybridized carbons (Fsp3) is 0.652. The molecule has 5 nitrogen and oxygen atoms in total. The van der Waals surface area contributed by atoms with Crippen molar-refractivity contribution < 1.29 is 4.79 Å². The van der Waals surface area contributed by atoms with Gasteiger partial charge in [0.2, 0.25) is 5.91 Å². The van der Waals surface area contributed by atoms with Crippen molar-refractivity contribution in [3.63, 3.8) is 0 Å². The van der Waals surface area contributed by atoms with Crippen LogP contribution < -0.4 is 10.2 Å². The minimum atomic E-state index is 0.104. The first-order valence-corrected chi connectivity index (χ1v) is 11.9. The number of amides is 1. The molecular weight excluding hydrogens is 419 g/mol. The zero-order valence-electron chi connectivity index (χ0n) is 17.6. The molecule has 2 fully saturated rings. The molecule has 0 unspecified atom stereocenters. The lowest BCUT2D eigenvalue weighted by molar-refractivity contribution is -0.122. The number of anilines is 1. The Morgan fingerprint density at radius 2 is 1.87 bits per heavy atom. The number of piperazine rings is 1. The number of hydrogen-bond acceptors (Lipinski definition) is 4. The van der Waals surface area contributed by atoms with Crippen molar-refractivity contribution in [1.29, 1.82) is 5.26 Å². The normalized spacial score (nSPS) is 22.5. The van der Waals surface area contributed by atoms with E-state index in [2.05, 4.69) is 21.2 Å². The molecular formula is C23H32Cl2N4O. The third-order valence-electron chi connectivity index (χ3n) is 6.38. The predicted molar refractivity (Wildman–Crippen MR) is 123 cm³/mol. The number of nitriles is 1. The molecule has 164 valence electrons.